The molecular formula is C18H34. The van der Waals surface area contributed by atoms with Crippen molar-refractivity contribution < 1.29 is 0 Å². The summed E-state index contributed by atoms with van der Waals surface area (Å²) in [6.45, 7) is 4.00. The Morgan fingerprint density at radius 2 is 0.667 bits per heavy atom. The number of rotatable bonds is 0. The van der Waals surface area contributed by atoms with Gasteiger partial charge in [0.25, 0.3) is 0 Å². The highest BCUT2D eigenvalue weighted by molar-refractivity contribution is 4.95. The number of hydrogen-bond acceptors (Lipinski definition) is 0. The predicted octanol–water partition coefficient (Wildman–Crippen LogP) is 6.49. The largest absolute Gasteiger partial charge is 0.0683 e. The maximum atomic E-state index is 2.00. The second kappa shape index (κ2) is 6.44. The minimum Gasteiger partial charge on any atom is -0.0683 e. The SMILES string of the molecule is C1CCC2(CC1)CC2.C1CCC2(CC1)CC2.CC. The first-order chi connectivity index (χ1) is 8.83. The molecule has 18 heavy (non-hydrogen) atoms. The van der Waals surface area contributed by atoms with Crippen molar-refractivity contribution in [1.82, 2.24) is 0 Å². The van der Waals surface area contributed by atoms with Crippen LogP contribution in [-0.4, -0.2) is 0 Å². The summed E-state index contributed by atoms with van der Waals surface area (Å²) < 4.78 is 0. The average molecular weight is 250 g/mol. The van der Waals surface area contributed by atoms with Gasteiger partial charge in [-0.2, -0.15) is 0 Å². The third-order valence-electron chi connectivity index (χ3n) is 5.74. The van der Waals surface area contributed by atoms with Gasteiger partial charge >= 0.3 is 0 Å². The molecule has 2 spiro atoms. The molecule has 0 nitrogen and oxygen atoms in total. The van der Waals surface area contributed by atoms with Crippen LogP contribution in [-0.2, 0) is 0 Å². The molecular weight excluding hydrogens is 216 g/mol. The van der Waals surface area contributed by atoms with Crippen LogP contribution in [0.3, 0.4) is 0 Å². The molecule has 0 unspecified atom stereocenters. The molecule has 0 amide bonds. The van der Waals surface area contributed by atoms with Gasteiger partial charge in [-0.25, -0.2) is 0 Å². The Hall–Kier alpha value is 0. The first-order valence-electron chi connectivity index (χ1n) is 8.83. The summed E-state index contributed by atoms with van der Waals surface area (Å²) in [4.78, 5) is 0. The van der Waals surface area contributed by atoms with E-state index in [1.54, 1.807) is 51.4 Å². The predicted molar refractivity (Wildman–Crippen MR) is 80.9 cm³/mol. The van der Waals surface area contributed by atoms with E-state index in [1.165, 1.54) is 38.5 Å². The van der Waals surface area contributed by atoms with Crippen LogP contribution >= 0.6 is 0 Å². The van der Waals surface area contributed by atoms with Gasteiger partial charge in [0, 0.05) is 0 Å². The van der Waals surface area contributed by atoms with Crippen LogP contribution in [0.1, 0.15) is 104 Å². The lowest BCUT2D eigenvalue weighted by atomic mass is 9.87. The zero-order valence-corrected chi connectivity index (χ0v) is 12.9. The van der Waals surface area contributed by atoms with Gasteiger partial charge in [0.05, 0.1) is 0 Å². The summed E-state index contributed by atoms with van der Waals surface area (Å²) in [6, 6.07) is 0. The van der Waals surface area contributed by atoms with Crippen molar-refractivity contribution in [3.05, 3.63) is 0 Å². The average Bonchev–Trinajstić information content (AvgIpc) is 3.37. The van der Waals surface area contributed by atoms with Crippen LogP contribution in [0.5, 0.6) is 0 Å². The van der Waals surface area contributed by atoms with Crippen LogP contribution < -0.4 is 0 Å². The fourth-order valence-corrected chi connectivity index (χ4v) is 3.96. The molecule has 4 aliphatic carbocycles. The zero-order chi connectivity index (χ0) is 12.9. The first kappa shape index (κ1) is 14.4. The van der Waals surface area contributed by atoms with E-state index in [2.05, 4.69) is 0 Å². The van der Waals surface area contributed by atoms with E-state index in [1.807, 2.05) is 13.8 Å². The van der Waals surface area contributed by atoms with E-state index in [0.29, 0.717) is 0 Å². The molecule has 0 aromatic heterocycles. The van der Waals surface area contributed by atoms with Crippen molar-refractivity contribution in [2.24, 2.45) is 10.8 Å². The fraction of sp³-hybridized carbons (Fsp3) is 1.00. The third-order valence-corrected chi connectivity index (χ3v) is 5.74. The highest BCUT2D eigenvalue weighted by Gasteiger charge is 2.42. The maximum Gasteiger partial charge on any atom is -0.0297 e. The maximum absolute atomic E-state index is 2.00. The van der Waals surface area contributed by atoms with E-state index in [-0.39, 0.29) is 0 Å². The second-order valence-corrected chi connectivity index (χ2v) is 7.12. The number of hydrogen-bond donors (Lipinski definition) is 0. The lowest BCUT2D eigenvalue weighted by molar-refractivity contribution is 0.337. The van der Waals surface area contributed by atoms with Crippen molar-refractivity contribution in [1.29, 1.82) is 0 Å². The van der Waals surface area contributed by atoms with E-state index in [9.17, 15) is 0 Å². The molecule has 0 bridgehead atoms. The molecule has 106 valence electrons. The minimum absolute atomic E-state index is 0.929. The van der Waals surface area contributed by atoms with Crippen LogP contribution in [0.25, 0.3) is 0 Å². The lowest BCUT2D eigenvalue weighted by Gasteiger charge is -2.19. The normalized spacial score (nSPS) is 29.7. The van der Waals surface area contributed by atoms with Gasteiger partial charge < -0.3 is 0 Å². The van der Waals surface area contributed by atoms with Gasteiger partial charge in [-0.1, -0.05) is 52.4 Å². The Morgan fingerprint density at radius 3 is 0.833 bits per heavy atom. The van der Waals surface area contributed by atoms with Crippen molar-refractivity contribution in [3.8, 4) is 0 Å². The summed E-state index contributed by atoms with van der Waals surface area (Å²) in [5, 5.41) is 0. The van der Waals surface area contributed by atoms with Crippen LogP contribution in [0, 0.1) is 10.8 Å². The monoisotopic (exact) mass is 250 g/mol. The Labute approximate surface area is 115 Å². The Kier molecular flexibility index (Phi) is 5.15. The highest BCUT2D eigenvalue weighted by atomic mass is 14.5. The molecule has 0 saturated heterocycles. The highest BCUT2D eigenvalue weighted by Crippen LogP contribution is 2.56. The van der Waals surface area contributed by atoms with Gasteiger partial charge in [0.1, 0.15) is 0 Å². The van der Waals surface area contributed by atoms with Gasteiger partial charge in [-0.3, -0.25) is 0 Å². The van der Waals surface area contributed by atoms with Crippen LogP contribution in [0.4, 0.5) is 0 Å². The quantitative estimate of drug-likeness (QED) is 0.461. The van der Waals surface area contributed by atoms with Crippen molar-refractivity contribution in [3.63, 3.8) is 0 Å². The van der Waals surface area contributed by atoms with Crippen LogP contribution in [0.2, 0.25) is 0 Å². The van der Waals surface area contributed by atoms with E-state index < -0.39 is 0 Å². The van der Waals surface area contributed by atoms with Crippen LogP contribution in [0.15, 0.2) is 0 Å². The lowest BCUT2D eigenvalue weighted by Crippen LogP contribution is -2.05. The molecule has 4 saturated carbocycles. The van der Waals surface area contributed by atoms with Crippen molar-refractivity contribution in [2.75, 3.05) is 0 Å². The molecule has 0 aliphatic heterocycles. The molecule has 4 aliphatic rings. The minimum atomic E-state index is 0.929. The second-order valence-electron chi connectivity index (χ2n) is 7.12. The van der Waals surface area contributed by atoms with E-state index >= 15 is 0 Å². The van der Waals surface area contributed by atoms with E-state index in [4.69, 9.17) is 0 Å². The Morgan fingerprint density at radius 1 is 0.389 bits per heavy atom. The van der Waals surface area contributed by atoms with Gasteiger partial charge in [0.15, 0.2) is 0 Å². The van der Waals surface area contributed by atoms with Crippen molar-refractivity contribution >= 4 is 0 Å². The summed E-state index contributed by atoms with van der Waals surface area (Å²) in [5.74, 6) is 0. The molecule has 0 N–H and O–H groups in total. The standard InChI is InChI=1S/2C8H14.C2H6/c2*1-2-4-8(5-3-1)6-7-8;1-2/h2*1-7H2;1-2H3. The molecule has 0 radical (unpaired) electrons. The van der Waals surface area contributed by atoms with E-state index in [0.717, 1.165) is 10.8 Å². The topological polar surface area (TPSA) is 0 Å². The van der Waals surface area contributed by atoms with Gasteiger partial charge in [-0.15, -0.1) is 0 Å². The smallest absolute Gasteiger partial charge is 0.0297 e. The van der Waals surface area contributed by atoms with Crippen molar-refractivity contribution in [2.45, 2.75) is 104 Å². The summed E-state index contributed by atoms with van der Waals surface area (Å²) in [5.41, 5.74) is 1.86. The Balaban J connectivity index is 0.000000118. The molecule has 0 heteroatoms. The molecule has 0 aromatic carbocycles. The fourth-order valence-electron chi connectivity index (χ4n) is 3.96. The molecule has 0 atom stereocenters. The summed E-state index contributed by atoms with van der Waals surface area (Å²) in [6.07, 6.45) is 21.6. The summed E-state index contributed by atoms with van der Waals surface area (Å²) >= 11 is 0. The third kappa shape index (κ3) is 4.00. The van der Waals surface area contributed by atoms with Gasteiger partial charge in [0.2, 0.25) is 0 Å². The van der Waals surface area contributed by atoms with Gasteiger partial charge in [-0.05, 0) is 62.2 Å². The molecule has 4 fully saturated rings. The molecule has 0 heterocycles. The Bertz CT molecular complexity index is 190. The zero-order valence-electron chi connectivity index (χ0n) is 12.9. The first-order valence-corrected chi connectivity index (χ1v) is 8.83. The summed E-state index contributed by atoms with van der Waals surface area (Å²) in [7, 11) is 0. The molecule has 0 aromatic rings. The molecule has 4 rings (SSSR count).